The minimum absolute atomic E-state index is 0.0894. The van der Waals surface area contributed by atoms with Crippen LogP contribution in [-0.4, -0.2) is 57.9 Å². The van der Waals surface area contributed by atoms with E-state index in [0.717, 1.165) is 15.9 Å². The molecular formula is C36H49N3O5Si. The number of carbonyl (C=O) groups is 3. The lowest BCUT2D eigenvalue weighted by molar-refractivity contribution is -0.146. The molecule has 0 bridgehead atoms. The standard InChI is InChI=1S/C36H49N3O5Si/c1-26(2)24-31(38-33(40)30(37)23-22-27-16-10-7-11-17-27)34(41)39-32(35(42)43-6)25-44-45(36(3,4)5,28-18-12-8-13-19-28)29-20-14-9-15-21-29/h7-21,26,30-32H,22-25,37H2,1-6H3,(H,38,40)(H,39,41)/t30-,31-,32-/m0/s1. The molecule has 45 heavy (non-hydrogen) atoms. The SMILES string of the molecule is COC(=O)[C@H](CO[Si](c1ccccc1)(c1ccccc1)C(C)(C)C)NC(=O)[C@H](CC(C)C)NC(=O)[C@@H](N)CCc1ccccc1. The molecule has 8 nitrogen and oxygen atoms in total. The predicted octanol–water partition coefficient (Wildman–Crippen LogP) is 3.71. The van der Waals surface area contributed by atoms with E-state index >= 15 is 0 Å². The van der Waals surface area contributed by atoms with Crippen LogP contribution in [0.3, 0.4) is 0 Å². The molecule has 0 spiro atoms. The summed E-state index contributed by atoms with van der Waals surface area (Å²) in [6, 6.07) is 27.1. The molecule has 3 atom stereocenters. The van der Waals surface area contributed by atoms with Gasteiger partial charge in [-0.25, -0.2) is 4.79 Å². The van der Waals surface area contributed by atoms with Crippen LogP contribution in [0.2, 0.25) is 5.04 Å². The van der Waals surface area contributed by atoms with Crippen molar-refractivity contribution in [2.75, 3.05) is 13.7 Å². The highest BCUT2D eigenvalue weighted by Gasteiger charge is 2.50. The minimum Gasteiger partial charge on any atom is -0.467 e. The van der Waals surface area contributed by atoms with Gasteiger partial charge >= 0.3 is 5.97 Å². The number of benzene rings is 3. The molecule has 0 aliphatic rings. The fraction of sp³-hybridized carbons (Fsp3) is 0.417. The maximum atomic E-state index is 13.7. The van der Waals surface area contributed by atoms with Gasteiger partial charge in [-0.05, 0) is 46.2 Å². The molecule has 0 aliphatic heterocycles. The molecule has 9 heteroatoms. The molecule has 0 radical (unpaired) electrons. The van der Waals surface area contributed by atoms with E-state index in [1.165, 1.54) is 7.11 Å². The Morgan fingerprint density at radius 1 is 0.778 bits per heavy atom. The van der Waals surface area contributed by atoms with Gasteiger partial charge in [0.15, 0.2) is 0 Å². The zero-order valence-corrected chi connectivity index (χ0v) is 28.4. The summed E-state index contributed by atoms with van der Waals surface area (Å²) < 4.78 is 12.0. The minimum atomic E-state index is -3.00. The molecule has 0 unspecified atom stereocenters. The number of amides is 2. The van der Waals surface area contributed by atoms with E-state index < -0.39 is 44.2 Å². The molecule has 0 aromatic heterocycles. The molecule has 0 saturated carbocycles. The van der Waals surface area contributed by atoms with Crippen LogP contribution in [0.4, 0.5) is 0 Å². The average molecular weight is 632 g/mol. The van der Waals surface area contributed by atoms with E-state index in [2.05, 4.69) is 55.7 Å². The molecule has 0 heterocycles. The highest BCUT2D eigenvalue weighted by atomic mass is 28.4. The van der Waals surface area contributed by atoms with Gasteiger partial charge in [-0.3, -0.25) is 9.59 Å². The van der Waals surface area contributed by atoms with Crippen molar-refractivity contribution in [1.29, 1.82) is 0 Å². The Labute approximate surface area is 269 Å². The van der Waals surface area contributed by atoms with Gasteiger partial charge in [0.1, 0.15) is 12.1 Å². The van der Waals surface area contributed by atoms with Crippen LogP contribution in [0.15, 0.2) is 91.0 Å². The van der Waals surface area contributed by atoms with Gasteiger partial charge in [0.05, 0.1) is 19.8 Å². The molecule has 0 saturated heterocycles. The van der Waals surface area contributed by atoms with Gasteiger partial charge in [0.25, 0.3) is 8.32 Å². The monoisotopic (exact) mass is 631 g/mol. The number of ether oxygens (including phenoxy) is 1. The number of methoxy groups -OCH3 is 1. The normalized spacial score (nSPS) is 13.9. The van der Waals surface area contributed by atoms with Crippen molar-refractivity contribution in [1.82, 2.24) is 10.6 Å². The average Bonchev–Trinajstić information content (AvgIpc) is 3.03. The van der Waals surface area contributed by atoms with Crippen LogP contribution < -0.4 is 26.7 Å². The Morgan fingerprint density at radius 3 is 1.73 bits per heavy atom. The van der Waals surface area contributed by atoms with Gasteiger partial charge in [0.2, 0.25) is 11.8 Å². The summed E-state index contributed by atoms with van der Waals surface area (Å²) in [4.78, 5) is 39.9. The number of aryl methyl sites for hydroxylation is 1. The Balaban J connectivity index is 1.83. The first kappa shape index (κ1) is 35.7. The molecule has 242 valence electrons. The third-order valence-electron chi connectivity index (χ3n) is 7.95. The fourth-order valence-corrected chi connectivity index (χ4v) is 10.2. The zero-order chi connectivity index (χ0) is 33.0. The zero-order valence-electron chi connectivity index (χ0n) is 27.4. The number of carbonyl (C=O) groups excluding carboxylic acids is 3. The quantitative estimate of drug-likeness (QED) is 0.174. The summed E-state index contributed by atoms with van der Waals surface area (Å²) in [6.45, 7) is 10.2. The molecule has 4 N–H and O–H groups in total. The van der Waals surface area contributed by atoms with Crippen molar-refractivity contribution < 1.29 is 23.5 Å². The second-order valence-corrected chi connectivity index (χ2v) is 17.2. The van der Waals surface area contributed by atoms with Crippen LogP contribution in [0.1, 0.15) is 53.0 Å². The van der Waals surface area contributed by atoms with E-state index in [9.17, 15) is 14.4 Å². The summed E-state index contributed by atoms with van der Waals surface area (Å²) in [5.41, 5.74) is 7.31. The summed E-state index contributed by atoms with van der Waals surface area (Å²) in [5.74, 6) is -1.44. The first-order valence-electron chi connectivity index (χ1n) is 15.6. The molecule has 3 aromatic rings. The lowest BCUT2D eigenvalue weighted by Gasteiger charge is -2.43. The van der Waals surface area contributed by atoms with Crippen LogP contribution in [-0.2, 0) is 30.0 Å². The van der Waals surface area contributed by atoms with Crippen molar-refractivity contribution in [3.8, 4) is 0 Å². The number of hydrogen-bond donors (Lipinski definition) is 3. The summed E-state index contributed by atoms with van der Waals surface area (Å²) >= 11 is 0. The van der Waals surface area contributed by atoms with Gasteiger partial charge in [-0.15, -0.1) is 0 Å². The third kappa shape index (κ3) is 9.60. The largest absolute Gasteiger partial charge is 0.467 e. The lowest BCUT2D eigenvalue weighted by atomic mass is 10.0. The van der Waals surface area contributed by atoms with Gasteiger partial charge < -0.3 is 25.5 Å². The van der Waals surface area contributed by atoms with E-state index in [0.29, 0.717) is 19.3 Å². The van der Waals surface area contributed by atoms with Gasteiger partial charge in [-0.1, -0.05) is 126 Å². The van der Waals surface area contributed by atoms with Crippen LogP contribution in [0.5, 0.6) is 0 Å². The van der Waals surface area contributed by atoms with Crippen molar-refractivity contribution in [3.63, 3.8) is 0 Å². The Bertz CT molecular complexity index is 1320. The summed E-state index contributed by atoms with van der Waals surface area (Å²) in [7, 11) is -1.72. The number of rotatable bonds is 15. The molecule has 0 aliphatic carbocycles. The first-order chi connectivity index (χ1) is 21.4. The van der Waals surface area contributed by atoms with Crippen LogP contribution in [0, 0.1) is 5.92 Å². The van der Waals surface area contributed by atoms with Crippen LogP contribution in [0.25, 0.3) is 0 Å². The summed E-state index contributed by atoms with van der Waals surface area (Å²) in [6.07, 6.45) is 1.44. The first-order valence-corrected chi connectivity index (χ1v) is 17.5. The molecule has 3 aromatic carbocycles. The van der Waals surface area contributed by atoms with Gasteiger partial charge in [-0.2, -0.15) is 0 Å². The second kappa shape index (κ2) is 16.5. The maximum Gasteiger partial charge on any atom is 0.330 e. The lowest BCUT2D eigenvalue weighted by Crippen LogP contribution is -2.68. The Kier molecular flexibility index (Phi) is 13.1. The van der Waals surface area contributed by atoms with E-state index in [1.54, 1.807) is 0 Å². The molecule has 2 amide bonds. The number of nitrogens with two attached hydrogens (primary N) is 1. The van der Waals surface area contributed by atoms with E-state index in [1.807, 2.05) is 80.6 Å². The maximum absolute atomic E-state index is 13.7. The highest BCUT2D eigenvalue weighted by Crippen LogP contribution is 2.36. The number of esters is 1. The smallest absolute Gasteiger partial charge is 0.330 e. The number of nitrogens with one attached hydrogen (secondary N) is 2. The fourth-order valence-electron chi connectivity index (χ4n) is 5.63. The second-order valence-electron chi connectivity index (χ2n) is 12.9. The summed E-state index contributed by atoms with van der Waals surface area (Å²) in [5, 5.41) is 7.43. The molecular weight excluding hydrogens is 582 g/mol. The van der Waals surface area contributed by atoms with Crippen molar-refractivity contribution in [2.45, 2.75) is 77.0 Å². The Morgan fingerprint density at radius 2 is 1.27 bits per heavy atom. The van der Waals surface area contributed by atoms with Crippen molar-refractivity contribution in [2.24, 2.45) is 11.7 Å². The molecule has 0 fully saturated rings. The van der Waals surface area contributed by atoms with E-state index in [4.69, 9.17) is 14.9 Å². The van der Waals surface area contributed by atoms with Gasteiger partial charge in [0, 0.05) is 0 Å². The Hall–Kier alpha value is -3.79. The number of hydrogen-bond acceptors (Lipinski definition) is 6. The highest BCUT2D eigenvalue weighted by molar-refractivity contribution is 6.99. The van der Waals surface area contributed by atoms with E-state index in [-0.39, 0.29) is 17.6 Å². The topological polar surface area (TPSA) is 120 Å². The third-order valence-corrected chi connectivity index (χ3v) is 13.0. The molecule has 3 rings (SSSR count). The van der Waals surface area contributed by atoms with Crippen LogP contribution >= 0.6 is 0 Å². The van der Waals surface area contributed by atoms with Crippen molar-refractivity contribution in [3.05, 3.63) is 96.6 Å². The van der Waals surface area contributed by atoms with Crippen molar-refractivity contribution >= 4 is 36.5 Å². The predicted molar refractivity (Wildman–Crippen MR) is 182 cm³/mol.